The molecule has 0 amide bonds. The number of benzene rings is 1. The Hall–Kier alpha value is -0.460. The Morgan fingerprint density at radius 1 is 1.20 bits per heavy atom. The van der Waals surface area contributed by atoms with Crippen LogP contribution < -0.4 is 0 Å². The molecule has 0 unspecified atom stereocenters. The van der Waals surface area contributed by atoms with Gasteiger partial charge in [0.05, 0.1) is 0 Å². The van der Waals surface area contributed by atoms with Gasteiger partial charge in [-0.3, -0.25) is 0 Å². The summed E-state index contributed by atoms with van der Waals surface area (Å²) in [6.45, 7) is 3.13. The predicted molar refractivity (Wildman–Crippen MR) is 47.5 cm³/mol. The van der Waals surface area contributed by atoms with E-state index in [4.69, 9.17) is 23.2 Å². The van der Waals surface area contributed by atoms with Crippen LogP contribution in [-0.2, 0) is 0 Å². The summed E-state index contributed by atoms with van der Waals surface area (Å²) in [6, 6.07) is 9.44. The van der Waals surface area contributed by atoms with Gasteiger partial charge in [-0.25, -0.2) is 0 Å². The highest BCUT2D eigenvalue weighted by Gasteiger charge is 1.74. The van der Waals surface area contributed by atoms with Gasteiger partial charge in [0, 0.05) is 5.02 Å². The molecular weight excluding hydrogens is 167 g/mol. The van der Waals surface area contributed by atoms with Crippen LogP contribution >= 0.6 is 23.2 Å². The lowest BCUT2D eigenvalue weighted by Crippen LogP contribution is -1.55. The highest BCUT2D eigenvalue weighted by molar-refractivity contribution is 6.30. The molecule has 0 aliphatic heterocycles. The van der Waals surface area contributed by atoms with E-state index in [2.05, 4.69) is 6.58 Å². The minimum absolute atomic E-state index is 0.794. The third kappa shape index (κ3) is 5.67. The molecule has 0 fully saturated rings. The fourth-order valence-electron chi connectivity index (χ4n) is 0.415. The molecule has 0 spiro atoms. The Morgan fingerprint density at radius 2 is 1.60 bits per heavy atom. The first-order valence-corrected chi connectivity index (χ1v) is 3.54. The summed E-state index contributed by atoms with van der Waals surface area (Å²) in [5, 5.41) is 0.794. The zero-order valence-corrected chi connectivity index (χ0v) is 6.94. The fraction of sp³-hybridized carbons (Fsp3) is 0. The third-order valence-corrected chi connectivity index (χ3v) is 0.985. The minimum Gasteiger partial charge on any atom is -0.0936 e. The van der Waals surface area contributed by atoms with Crippen molar-refractivity contribution < 1.29 is 0 Å². The van der Waals surface area contributed by atoms with Crippen molar-refractivity contribution in [2.75, 3.05) is 0 Å². The van der Waals surface area contributed by atoms with E-state index in [0.717, 1.165) is 5.02 Å². The van der Waals surface area contributed by atoms with E-state index in [9.17, 15) is 0 Å². The second-order valence-corrected chi connectivity index (χ2v) is 2.19. The van der Waals surface area contributed by atoms with Crippen LogP contribution in [0, 0.1) is 0 Å². The second-order valence-electron chi connectivity index (χ2n) is 1.45. The van der Waals surface area contributed by atoms with Gasteiger partial charge < -0.3 is 0 Å². The van der Waals surface area contributed by atoms with E-state index in [1.54, 1.807) is 0 Å². The Balaban J connectivity index is 0.000000236. The van der Waals surface area contributed by atoms with E-state index < -0.39 is 0 Å². The molecule has 54 valence electrons. The highest BCUT2D eigenvalue weighted by Crippen LogP contribution is 2.03. The molecule has 0 saturated carbocycles. The molecule has 10 heavy (non-hydrogen) atoms. The molecule has 0 radical (unpaired) electrons. The zero-order valence-electron chi connectivity index (χ0n) is 5.43. The number of rotatable bonds is 0. The van der Waals surface area contributed by atoms with Gasteiger partial charge in [0.25, 0.3) is 0 Å². The van der Waals surface area contributed by atoms with Crippen molar-refractivity contribution in [1.82, 2.24) is 0 Å². The lowest BCUT2D eigenvalue weighted by Gasteiger charge is -1.80. The predicted octanol–water partition coefficient (Wildman–Crippen LogP) is 3.71. The van der Waals surface area contributed by atoms with Crippen LogP contribution in [0.1, 0.15) is 0 Å². The number of halogens is 2. The molecular formula is C8H8Cl2. The molecule has 1 aromatic rings. The molecule has 0 aliphatic rings. The molecule has 0 atom stereocenters. The normalized spacial score (nSPS) is 7.40. The van der Waals surface area contributed by atoms with Gasteiger partial charge in [-0.1, -0.05) is 48.0 Å². The van der Waals surface area contributed by atoms with Crippen LogP contribution in [0.3, 0.4) is 0 Å². The first kappa shape index (κ1) is 9.54. The van der Waals surface area contributed by atoms with E-state index in [1.807, 2.05) is 30.3 Å². The zero-order chi connectivity index (χ0) is 7.82. The Morgan fingerprint density at radius 3 is 1.80 bits per heavy atom. The Kier molecular flexibility index (Phi) is 6.35. The number of hydrogen-bond donors (Lipinski definition) is 0. The van der Waals surface area contributed by atoms with Crippen molar-refractivity contribution in [3.05, 3.63) is 47.5 Å². The molecule has 1 aromatic carbocycles. The minimum atomic E-state index is 0.794. The molecule has 0 saturated heterocycles. The van der Waals surface area contributed by atoms with Crippen molar-refractivity contribution >= 4 is 23.2 Å². The summed E-state index contributed by atoms with van der Waals surface area (Å²) in [6.07, 6.45) is 0. The van der Waals surface area contributed by atoms with E-state index in [-0.39, 0.29) is 0 Å². The molecule has 0 aromatic heterocycles. The van der Waals surface area contributed by atoms with Crippen LogP contribution in [-0.4, -0.2) is 0 Å². The summed E-state index contributed by atoms with van der Waals surface area (Å²) >= 11 is 10.3. The average Bonchev–Trinajstić information content (AvgIpc) is 1.91. The highest BCUT2D eigenvalue weighted by atomic mass is 35.5. The molecule has 2 heteroatoms. The lowest BCUT2D eigenvalue weighted by molar-refractivity contribution is 1.71. The monoisotopic (exact) mass is 174 g/mol. The van der Waals surface area contributed by atoms with Crippen LogP contribution in [0.2, 0.25) is 5.02 Å². The van der Waals surface area contributed by atoms with Crippen LogP contribution in [0.5, 0.6) is 0 Å². The van der Waals surface area contributed by atoms with Crippen molar-refractivity contribution in [1.29, 1.82) is 0 Å². The van der Waals surface area contributed by atoms with E-state index >= 15 is 0 Å². The topological polar surface area (TPSA) is 0 Å². The van der Waals surface area contributed by atoms with Gasteiger partial charge >= 0.3 is 0 Å². The van der Waals surface area contributed by atoms with Crippen molar-refractivity contribution in [2.45, 2.75) is 0 Å². The smallest absolute Gasteiger partial charge is 0.0405 e. The first-order valence-electron chi connectivity index (χ1n) is 2.73. The quantitative estimate of drug-likeness (QED) is 0.563. The standard InChI is InChI=1S/C6H5Cl.C2H3Cl/c7-6-4-2-1-3-5-6;1-2-3/h1-5H;2H,1H2. The van der Waals surface area contributed by atoms with Crippen LogP contribution in [0.25, 0.3) is 0 Å². The molecule has 0 bridgehead atoms. The van der Waals surface area contributed by atoms with Crippen molar-refractivity contribution in [2.24, 2.45) is 0 Å². The SMILES string of the molecule is C=CCl.Clc1ccccc1. The maximum absolute atomic E-state index is 5.54. The molecule has 0 heterocycles. The maximum atomic E-state index is 5.54. The maximum Gasteiger partial charge on any atom is 0.0405 e. The van der Waals surface area contributed by atoms with Crippen molar-refractivity contribution in [3.63, 3.8) is 0 Å². The third-order valence-electron chi connectivity index (χ3n) is 0.733. The summed E-state index contributed by atoms with van der Waals surface area (Å²) in [7, 11) is 0. The van der Waals surface area contributed by atoms with E-state index in [1.165, 1.54) is 5.54 Å². The van der Waals surface area contributed by atoms with E-state index in [0.29, 0.717) is 0 Å². The largest absolute Gasteiger partial charge is 0.0936 e. The number of hydrogen-bond acceptors (Lipinski definition) is 0. The van der Waals surface area contributed by atoms with Gasteiger partial charge in [0.2, 0.25) is 0 Å². The van der Waals surface area contributed by atoms with Crippen molar-refractivity contribution in [3.8, 4) is 0 Å². The van der Waals surface area contributed by atoms with Gasteiger partial charge in [-0.05, 0) is 17.7 Å². The molecule has 0 nitrogen and oxygen atoms in total. The molecule has 0 aliphatic carbocycles. The Labute approximate surface area is 71.1 Å². The second kappa shape index (κ2) is 6.66. The summed E-state index contributed by atoms with van der Waals surface area (Å²) in [5.41, 5.74) is 1.22. The average molecular weight is 175 g/mol. The first-order chi connectivity index (χ1) is 4.81. The molecule has 0 N–H and O–H groups in total. The van der Waals surface area contributed by atoms with Gasteiger partial charge in [-0.2, -0.15) is 0 Å². The summed E-state index contributed by atoms with van der Waals surface area (Å²) < 4.78 is 0. The van der Waals surface area contributed by atoms with Gasteiger partial charge in [-0.15, -0.1) is 0 Å². The summed E-state index contributed by atoms with van der Waals surface area (Å²) in [4.78, 5) is 0. The molecule has 1 rings (SSSR count). The fourth-order valence-corrected chi connectivity index (χ4v) is 0.560. The Bertz CT molecular complexity index is 170. The summed E-state index contributed by atoms with van der Waals surface area (Å²) in [5.74, 6) is 0. The van der Waals surface area contributed by atoms with Crippen LogP contribution in [0.15, 0.2) is 42.4 Å². The van der Waals surface area contributed by atoms with Gasteiger partial charge in [0.1, 0.15) is 0 Å². The lowest BCUT2D eigenvalue weighted by atomic mass is 10.4. The van der Waals surface area contributed by atoms with Gasteiger partial charge in [0.15, 0.2) is 0 Å². The van der Waals surface area contributed by atoms with Crippen LogP contribution in [0.4, 0.5) is 0 Å².